The molecule has 0 aliphatic carbocycles. The molecule has 6 unspecified atom stereocenters. The summed E-state index contributed by atoms with van der Waals surface area (Å²) in [5.74, 6) is 0.920. The second-order valence-corrected chi connectivity index (χ2v) is 10.0. The van der Waals surface area contributed by atoms with Gasteiger partial charge in [0.15, 0.2) is 5.54 Å². The fourth-order valence-electron chi connectivity index (χ4n) is 5.60. The number of ether oxygens (including phenoxy) is 1. The van der Waals surface area contributed by atoms with Crippen molar-refractivity contribution >= 4 is 23.3 Å². The quantitative estimate of drug-likeness (QED) is 0.307. The number of aliphatic hydroxyl groups is 1. The highest BCUT2D eigenvalue weighted by Crippen LogP contribution is 2.42. The maximum atomic E-state index is 11.2. The summed E-state index contributed by atoms with van der Waals surface area (Å²) in [6.45, 7) is 7.51. The van der Waals surface area contributed by atoms with Crippen LogP contribution in [-0.2, 0) is 15.1 Å². The van der Waals surface area contributed by atoms with Crippen LogP contribution < -0.4 is 10.1 Å². The highest BCUT2D eigenvalue weighted by molar-refractivity contribution is 5.84. The number of pyridine rings is 1. The molecule has 1 aromatic heterocycles. The van der Waals surface area contributed by atoms with Crippen molar-refractivity contribution in [3.8, 4) is 5.75 Å². The van der Waals surface area contributed by atoms with E-state index in [1.165, 1.54) is 13.3 Å². The van der Waals surface area contributed by atoms with E-state index >= 15 is 0 Å². The number of methoxy groups -OCH3 is 1. The van der Waals surface area contributed by atoms with Crippen LogP contribution in [0.3, 0.4) is 0 Å². The summed E-state index contributed by atoms with van der Waals surface area (Å²) in [5, 5.41) is 23.4. The number of nitrogens with one attached hydrogen (secondary N) is 1. The first-order valence-corrected chi connectivity index (χ1v) is 12.8. The van der Waals surface area contributed by atoms with Gasteiger partial charge in [-0.1, -0.05) is 36.4 Å². The van der Waals surface area contributed by atoms with Gasteiger partial charge in [-0.3, -0.25) is 14.7 Å². The van der Waals surface area contributed by atoms with Gasteiger partial charge in [-0.15, -0.1) is 6.58 Å². The molecule has 3 aromatic rings. The first kappa shape index (κ1) is 27.3. The van der Waals surface area contributed by atoms with Gasteiger partial charge in [-0.2, -0.15) is 0 Å². The van der Waals surface area contributed by atoms with E-state index in [-0.39, 0.29) is 6.04 Å². The molecule has 200 valence electrons. The van der Waals surface area contributed by atoms with E-state index in [0.29, 0.717) is 23.8 Å². The van der Waals surface area contributed by atoms with E-state index in [1.807, 2.05) is 24.3 Å². The van der Waals surface area contributed by atoms with Crippen LogP contribution in [0.25, 0.3) is 10.9 Å². The minimum atomic E-state index is -1.36. The summed E-state index contributed by atoms with van der Waals surface area (Å²) >= 11 is 0. The van der Waals surface area contributed by atoms with E-state index in [4.69, 9.17) is 9.84 Å². The van der Waals surface area contributed by atoms with Crippen LogP contribution >= 0.6 is 0 Å². The van der Waals surface area contributed by atoms with Crippen molar-refractivity contribution in [2.45, 2.75) is 37.5 Å². The van der Waals surface area contributed by atoms with Gasteiger partial charge in [0.2, 0.25) is 6.41 Å². The normalized spacial score (nSPS) is 24.3. The third kappa shape index (κ3) is 5.42. The molecule has 0 radical (unpaired) electrons. The number of amides is 1. The monoisotopic (exact) mass is 517 g/mol. The zero-order valence-electron chi connectivity index (χ0n) is 21.8. The Kier molecular flexibility index (Phi) is 8.44. The number of aromatic nitrogens is 1. The molecule has 1 amide bonds. The van der Waals surface area contributed by atoms with Gasteiger partial charge >= 0.3 is 5.97 Å². The molecular weight excluding hydrogens is 482 g/mol. The summed E-state index contributed by atoms with van der Waals surface area (Å²) in [5.41, 5.74) is 1.03. The van der Waals surface area contributed by atoms with E-state index < -0.39 is 17.6 Å². The predicted molar refractivity (Wildman–Crippen MR) is 146 cm³/mol. The van der Waals surface area contributed by atoms with Crippen LogP contribution in [0.15, 0.2) is 73.4 Å². The molecule has 0 saturated carbocycles. The molecule has 2 bridgehead atoms. The lowest BCUT2D eigenvalue weighted by Crippen LogP contribution is -2.54. The van der Waals surface area contributed by atoms with Crippen LogP contribution in [0.5, 0.6) is 5.75 Å². The third-order valence-corrected chi connectivity index (χ3v) is 7.95. The Labute approximate surface area is 223 Å². The lowest BCUT2D eigenvalue weighted by Gasteiger charge is -2.50. The number of benzene rings is 2. The number of aliphatic carboxylic acids is 1. The number of carbonyl (C=O) groups excluding carboxylic acids is 1. The fraction of sp³-hybridized carbons (Fsp3) is 0.367. The molecule has 3 saturated heterocycles. The van der Waals surface area contributed by atoms with Gasteiger partial charge in [-0.05, 0) is 73.5 Å². The van der Waals surface area contributed by atoms with E-state index in [1.54, 1.807) is 43.6 Å². The average Bonchev–Trinajstić information content (AvgIpc) is 2.97. The molecule has 8 heteroatoms. The van der Waals surface area contributed by atoms with Gasteiger partial charge < -0.3 is 20.3 Å². The van der Waals surface area contributed by atoms with Crippen LogP contribution in [-0.4, -0.2) is 58.7 Å². The topological polar surface area (TPSA) is 112 Å². The smallest absolute Gasteiger partial charge is 0.333 e. The first-order valence-electron chi connectivity index (χ1n) is 12.8. The number of carboxylic acid groups (broad SMARTS) is 1. The Morgan fingerprint density at radius 2 is 2.03 bits per heavy atom. The van der Waals surface area contributed by atoms with Crippen molar-refractivity contribution in [2.75, 3.05) is 20.2 Å². The molecule has 6 rings (SSSR count). The number of aliphatic hydroxyl groups excluding tert-OH is 1. The number of rotatable bonds is 8. The van der Waals surface area contributed by atoms with E-state index in [0.717, 1.165) is 41.7 Å². The summed E-state index contributed by atoms with van der Waals surface area (Å²) in [6, 6.07) is 16.5. The number of carboxylic acids is 1. The van der Waals surface area contributed by atoms with Gasteiger partial charge in [0.05, 0.1) is 18.7 Å². The van der Waals surface area contributed by atoms with Gasteiger partial charge in [-0.25, -0.2) is 4.79 Å². The Hall–Kier alpha value is -3.75. The first-order chi connectivity index (χ1) is 18.3. The minimum absolute atomic E-state index is 0.178. The largest absolute Gasteiger partial charge is 0.497 e. The van der Waals surface area contributed by atoms with Gasteiger partial charge in [0, 0.05) is 24.2 Å². The van der Waals surface area contributed by atoms with Crippen molar-refractivity contribution in [1.29, 1.82) is 0 Å². The van der Waals surface area contributed by atoms with Crippen molar-refractivity contribution in [1.82, 2.24) is 15.2 Å². The molecular formula is C30H35N3O5. The number of hydrogen-bond acceptors (Lipinski definition) is 6. The molecule has 3 N–H and O–H groups in total. The maximum Gasteiger partial charge on any atom is 0.333 e. The summed E-state index contributed by atoms with van der Waals surface area (Å²) in [4.78, 5) is 28.2. The molecule has 4 heterocycles. The van der Waals surface area contributed by atoms with Gasteiger partial charge in [0.1, 0.15) is 5.75 Å². The third-order valence-electron chi connectivity index (χ3n) is 7.95. The second kappa shape index (κ2) is 11.8. The number of fused-ring (bicyclic) bond motifs is 4. The highest BCUT2D eigenvalue weighted by Gasteiger charge is 2.42. The molecule has 3 aliphatic rings. The lowest BCUT2D eigenvalue weighted by molar-refractivity contribution is -0.145. The molecule has 38 heavy (non-hydrogen) atoms. The van der Waals surface area contributed by atoms with Crippen molar-refractivity contribution < 1.29 is 24.5 Å². The number of nitrogens with zero attached hydrogens (tertiary/aromatic N) is 2. The Morgan fingerprint density at radius 3 is 2.63 bits per heavy atom. The van der Waals surface area contributed by atoms with Crippen LogP contribution in [0.2, 0.25) is 0 Å². The van der Waals surface area contributed by atoms with Crippen molar-refractivity contribution in [2.24, 2.45) is 11.8 Å². The second-order valence-electron chi connectivity index (χ2n) is 10.0. The Morgan fingerprint density at radius 1 is 1.26 bits per heavy atom. The van der Waals surface area contributed by atoms with Crippen LogP contribution in [0.1, 0.15) is 37.0 Å². The molecule has 2 aromatic carbocycles. The highest BCUT2D eigenvalue weighted by atomic mass is 16.5. The molecule has 6 atom stereocenters. The predicted octanol–water partition coefficient (Wildman–Crippen LogP) is 3.91. The molecule has 3 fully saturated rings. The molecule has 8 nitrogen and oxygen atoms in total. The van der Waals surface area contributed by atoms with Crippen LogP contribution in [0.4, 0.5) is 0 Å². The maximum absolute atomic E-state index is 11.2. The lowest BCUT2D eigenvalue weighted by atomic mass is 9.73. The summed E-state index contributed by atoms with van der Waals surface area (Å²) in [6.07, 6.45) is 6.01. The Bertz CT molecular complexity index is 1280. The minimum Gasteiger partial charge on any atom is -0.497 e. The number of piperidine rings is 3. The fourth-order valence-corrected chi connectivity index (χ4v) is 5.60. The Balaban J connectivity index is 0.000000206. The molecule has 3 aliphatic heterocycles. The van der Waals surface area contributed by atoms with Crippen LogP contribution in [0, 0.1) is 11.8 Å². The van der Waals surface area contributed by atoms with E-state index in [2.05, 4.69) is 27.9 Å². The molecule has 0 spiro atoms. The summed E-state index contributed by atoms with van der Waals surface area (Å²) in [7, 11) is 1.66. The number of hydrogen-bond donors (Lipinski definition) is 3. The zero-order chi connectivity index (χ0) is 27.3. The average molecular weight is 518 g/mol. The van der Waals surface area contributed by atoms with Crippen molar-refractivity contribution in [3.63, 3.8) is 0 Å². The summed E-state index contributed by atoms with van der Waals surface area (Å²) < 4.78 is 5.35. The van der Waals surface area contributed by atoms with Crippen molar-refractivity contribution in [3.05, 3.63) is 84.6 Å². The van der Waals surface area contributed by atoms with Gasteiger partial charge in [0.25, 0.3) is 0 Å². The zero-order valence-corrected chi connectivity index (χ0v) is 21.8. The SMILES string of the molecule is C=CC1CN2CCC1CC2C(O)c1ccnc2ccc(OC)cc12.CC(NC=O)(C(=O)O)c1ccccc1. The van der Waals surface area contributed by atoms with E-state index in [9.17, 15) is 14.7 Å². The number of carbonyl (C=O) groups is 2. The standard InChI is InChI=1S/C20H24N2O2.C10H11NO3/c1-3-13-12-22-9-7-14(13)10-19(22)20(23)16-6-8-21-18-5-4-15(24-2)11-17(16)18;1-10(9(13)14,11-7-12)8-5-3-2-4-6-8/h3-6,8,11,13-14,19-20,23H,1,7,9-10,12H2,2H3;2-7H,1H3,(H,11,12)(H,13,14).